The van der Waals surface area contributed by atoms with Crippen molar-refractivity contribution in [1.29, 1.82) is 0 Å². The highest BCUT2D eigenvalue weighted by molar-refractivity contribution is 7.91. The van der Waals surface area contributed by atoms with Gasteiger partial charge in [-0.3, -0.25) is 4.68 Å². The lowest BCUT2D eigenvalue weighted by molar-refractivity contribution is 0.423. The van der Waals surface area contributed by atoms with Gasteiger partial charge in [0.15, 0.2) is 9.84 Å². The summed E-state index contributed by atoms with van der Waals surface area (Å²) in [5.41, 5.74) is 2.21. The summed E-state index contributed by atoms with van der Waals surface area (Å²) in [5, 5.41) is 7.71. The van der Waals surface area contributed by atoms with Crippen LogP contribution in [-0.2, 0) is 22.9 Å². The minimum absolute atomic E-state index is 0.0546. The van der Waals surface area contributed by atoms with Crippen LogP contribution in [0.4, 0.5) is 0 Å². The molecule has 1 aromatic rings. The molecule has 0 aromatic carbocycles. The summed E-state index contributed by atoms with van der Waals surface area (Å²) in [6.07, 6.45) is 2.49. The van der Waals surface area contributed by atoms with E-state index in [0.717, 1.165) is 17.8 Å². The highest BCUT2D eigenvalue weighted by Crippen LogP contribution is 2.10. The van der Waals surface area contributed by atoms with Crippen LogP contribution in [0.1, 0.15) is 45.4 Å². The molecular weight excluding hydrogens is 274 g/mol. The molecule has 1 N–H and O–H groups in total. The molecule has 0 saturated heterocycles. The maximum absolute atomic E-state index is 11.7. The number of hydrogen-bond acceptors (Lipinski definition) is 4. The Morgan fingerprint density at radius 1 is 1.30 bits per heavy atom. The minimum atomic E-state index is -2.95. The largest absolute Gasteiger partial charge is 0.308 e. The SMILES string of the molecule is CCCS(=O)(=O)CCn1ncc(CNC(C)(C)C)c1C. The Hall–Kier alpha value is -0.880. The standard InChI is InChI=1S/C14H27N3O2S/c1-6-8-20(18,19)9-7-17-12(2)13(11-16-17)10-15-14(3,4)5/h11,15H,6-10H2,1-5H3. The zero-order chi connectivity index (χ0) is 15.4. The van der Waals surface area contributed by atoms with E-state index in [9.17, 15) is 8.42 Å². The van der Waals surface area contributed by atoms with Crippen LogP contribution in [-0.4, -0.2) is 35.2 Å². The lowest BCUT2D eigenvalue weighted by Gasteiger charge is -2.20. The molecule has 5 nitrogen and oxygen atoms in total. The summed E-state index contributed by atoms with van der Waals surface area (Å²) in [6.45, 7) is 11.4. The normalized spacial score (nSPS) is 12.8. The van der Waals surface area contributed by atoms with E-state index in [-0.39, 0.29) is 17.0 Å². The summed E-state index contributed by atoms with van der Waals surface area (Å²) in [6, 6.07) is 0. The molecule has 6 heteroatoms. The van der Waals surface area contributed by atoms with Crippen LogP contribution in [0.15, 0.2) is 6.20 Å². The molecule has 0 aliphatic rings. The van der Waals surface area contributed by atoms with E-state index >= 15 is 0 Å². The fraction of sp³-hybridized carbons (Fsp3) is 0.786. The topological polar surface area (TPSA) is 64.0 Å². The number of aryl methyl sites for hydroxylation is 1. The molecule has 0 atom stereocenters. The van der Waals surface area contributed by atoms with Gasteiger partial charge in [-0.05, 0) is 34.1 Å². The zero-order valence-electron chi connectivity index (χ0n) is 13.2. The third-order valence-corrected chi connectivity index (χ3v) is 4.98. The van der Waals surface area contributed by atoms with Crippen LogP contribution in [0.25, 0.3) is 0 Å². The van der Waals surface area contributed by atoms with Crippen LogP contribution in [0, 0.1) is 6.92 Å². The molecular formula is C14H27N3O2S. The Labute approximate surface area is 122 Å². The van der Waals surface area contributed by atoms with Gasteiger partial charge >= 0.3 is 0 Å². The van der Waals surface area contributed by atoms with Gasteiger partial charge in [0.05, 0.1) is 18.5 Å². The molecule has 20 heavy (non-hydrogen) atoms. The third kappa shape index (κ3) is 5.63. The summed E-state index contributed by atoms with van der Waals surface area (Å²) in [7, 11) is -2.95. The van der Waals surface area contributed by atoms with Crippen LogP contribution < -0.4 is 5.32 Å². The Morgan fingerprint density at radius 2 is 1.95 bits per heavy atom. The Bertz CT molecular complexity index is 527. The highest BCUT2D eigenvalue weighted by atomic mass is 32.2. The van der Waals surface area contributed by atoms with Crippen LogP contribution in [0.2, 0.25) is 0 Å². The Kier molecular flexibility index (Phi) is 5.77. The number of rotatable bonds is 7. The first-order valence-electron chi connectivity index (χ1n) is 7.11. The predicted molar refractivity (Wildman–Crippen MR) is 82.5 cm³/mol. The van der Waals surface area contributed by atoms with Gasteiger partial charge in [0.25, 0.3) is 0 Å². The summed E-state index contributed by atoms with van der Waals surface area (Å²) < 4.78 is 25.2. The molecule has 116 valence electrons. The second-order valence-corrected chi connectivity index (χ2v) is 8.54. The van der Waals surface area contributed by atoms with E-state index in [0.29, 0.717) is 13.0 Å². The fourth-order valence-electron chi connectivity index (χ4n) is 1.88. The van der Waals surface area contributed by atoms with Gasteiger partial charge in [0, 0.05) is 29.1 Å². The summed E-state index contributed by atoms with van der Waals surface area (Å²) >= 11 is 0. The van der Waals surface area contributed by atoms with Gasteiger partial charge in [-0.1, -0.05) is 6.92 Å². The quantitative estimate of drug-likeness (QED) is 0.835. The van der Waals surface area contributed by atoms with E-state index in [1.807, 2.05) is 20.0 Å². The summed E-state index contributed by atoms with van der Waals surface area (Å²) in [5.74, 6) is 0.418. The number of nitrogens with zero attached hydrogens (tertiary/aromatic N) is 2. The van der Waals surface area contributed by atoms with Crippen molar-refractivity contribution in [1.82, 2.24) is 15.1 Å². The van der Waals surface area contributed by atoms with Gasteiger partial charge in [-0.25, -0.2) is 8.42 Å². The number of hydrogen-bond donors (Lipinski definition) is 1. The van der Waals surface area contributed by atoms with Gasteiger partial charge in [0.2, 0.25) is 0 Å². The monoisotopic (exact) mass is 301 g/mol. The maximum atomic E-state index is 11.7. The molecule has 1 heterocycles. The van der Waals surface area contributed by atoms with Gasteiger partial charge in [-0.2, -0.15) is 5.10 Å². The second-order valence-electron chi connectivity index (χ2n) is 6.23. The van der Waals surface area contributed by atoms with Gasteiger partial charge in [0.1, 0.15) is 0 Å². The van der Waals surface area contributed by atoms with Gasteiger partial charge in [-0.15, -0.1) is 0 Å². The summed E-state index contributed by atoms with van der Waals surface area (Å²) in [4.78, 5) is 0. The molecule has 0 amide bonds. The van der Waals surface area contributed by atoms with Crippen molar-refractivity contribution < 1.29 is 8.42 Å². The van der Waals surface area contributed by atoms with Crippen molar-refractivity contribution in [3.63, 3.8) is 0 Å². The zero-order valence-corrected chi connectivity index (χ0v) is 14.0. The second kappa shape index (κ2) is 6.72. The minimum Gasteiger partial charge on any atom is -0.308 e. The fourth-order valence-corrected chi connectivity index (χ4v) is 3.16. The average molecular weight is 301 g/mol. The van der Waals surface area contributed by atoms with Crippen LogP contribution in [0.5, 0.6) is 0 Å². The van der Waals surface area contributed by atoms with Crippen molar-refractivity contribution >= 4 is 9.84 Å². The highest BCUT2D eigenvalue weighted by Gasteiger charge is 2.14. The first-order valence-corrected chi connectivity index (χ1v) is 8.93. The number of sulfone groups is 1. The van der Waals surface area contributed by atoms with E-state index < -0.39 is 9.84 Å². The molecule has 0 unspecified atom stereocenters. The van der Waals surface area contributed by atoms with Gasteiger partial charge < -0.3 is 5.32 Å². The third-order valence-electron chi connectivity index (χ3n) is 3.14. The molecule has 0 aliphatic carbocycles. The molecule has 0 aliphatic heterocycles. The van der Waals surface area contributed by atoms with Crippen LogP contribution in [0.3, 0.4) is 0 Å². The van der Waals surface area contributed by atoms with Crippen LogP contribution >= 0.6 is 0 Å². The molecule has 0 bridgehead atoms. The molecule has 1 rings (SSSR count). The van der Waals surface area contributed by atoms with E-state index in [1.165, 1.54) is 0 Å². The lowest BCUT2D eigenvalue weighted by Crippen LogP contribution is -2.35. The molecule has 1 aromatic heterocycles. The van der Waals surface area contributed by atoms with Crippen molar-refractivity contribution in [2.24, 2.45) is 0 Å². The molecule has 0 spiro atoms. The average Bonchev–Trinajstić information content (AvgIpc) is 2.64. The first kappa shape index (κ1) is 17.2. The Morgan fingerprint density at radius 3 is 2.50 bits per heavy atom. The number of aromatic nitrogens is 2. The lowest BCUT2D eigenvalue weighted by atomic mass is 10.1. The maximum Gasteiger partial charge on any atom is 0.152 e. The first-order chi connectivity index (χ1) is 9.14. The number of nitrogens with one attached hydrogen (secondary N) is 1. The van der Waals surface area contributed by atoms with E-state index in [1.54, 1.807) is 4.68 Å². The van der Waals surface area contributed by atoms with E-state index in [2.05, 4.69) is 31.2 Å². The Balaban J connectivity index is 2.64. The van der Waals surface area contributed by atoms with Crippen molar-refractivity contribution in [3.8, 4) is 0 Å². The molecule has 0 fully saturated rings. The van der Waals surface area contributed by atoms with Crippen molar-refractivity contribution in [3.05, 3.63) is 17.5 Å². The molecule has 0 saturated carbocycles. The van der Waals surface area contributed by atoms with Crippen molar-refractivity contribution in [2.45, 2.75) is 59.7 Å². The predicted octanol–water partition coefficient (Wildman–Crippen LogP) is 1.90. The van der Waals surface area contributed by atoms with E-state index in [4.69, 9.17) is 0 Å². The van der Waals surface area contributed by atoms with Crippen molar-refractivity contribution in [2.75, 3.05) is 11.5 Å². The molecule has 0 radical (unpaired) electrons. The smallest absolute Gasteiger partial charge is 0.152 e.